The molecule has 2 fully saturated rings. The molecule has 104 valence electrons. The summed E-state index contributed by atoms with van der Waals surface area (Å²) in [6.07, 6.45) is 1.31. The van der Waals surface area contributed by atoms with Crippen LogP contribution in [0.3, 0.4) is 0 Å². The SMILES string of the molecule is NC(=O)C1CC(Cl)C(Cl)CC1OC1CCC(F)C1. The van der Waals surface area contributed by atoms with Gasteiger partial charge in [0.05, 0.1) is 28.9 Å². The lowest BCUT2D eigenvalue weighted by molar-refractivity contribution is -0.132. The fourth-order valence-electron chi connectivity index (χ4n) is 2.78. The molecule has 3 nitrogen and oxygen atoms in total. The summed E-state index contributed by atoms with van der Waals surface area (Å²) in [4.78, 5) is 11.4. The minimum absolute atomic E-state index is 0.123. The number of carbonyl (C=O) groups excluding carboxylic acids is 1. The van der Waals surface area contributed by atoms with Crippen molar-refractivity contribution in [2.75, 3.05) is 0 Å². The van der Waals surface area contributed by atoms with Crippen molar-refractivity contribution in [2.24, 2.45) is 11.7 Å². The Morgan fingerprint density at radius 1 is 1.17 bits per heavy atom. The summed E-state index contributed by atoms with van der Waals surface area (Å²) in [5.74, 6) is -0.829. The molecule has 0 aromatic carbocycles. The standard InChI is InChI=1S/C12H18Cl2FNO2/c13-9-4-8(12(16)17)11(5-10(9)14)18-7-2-1-6(15)3-7/h6-11H,1-5H2,(H2,16,17). The monoisotopic (exact) mass is 297 g/mol. The van der Waals surface area contributed by atoms with Crippen LogP contribution >= 0.6 is 23.2 Å². The molecule has 2 N–H and O–H groups in total. The molecule has 6 heteroatoms. The minimum Gasteiger partial charge on any atom is -0.374 e. The second-order valence-corrected chi connectivity index (χ2v) is 6.34. The summed E-state index contributed by atoms with van der Waals surface area (Å²) in [6, 6.07) is 0. The van der Waals surface area contributed by atoms with E-state index in [4.69, 9.17) is 33.7 Å². The Hall–Kier alpha value is -0.0600. The van der Waals surface area contributed by atoms with E-state index in [-0.39, 0.29) is 23.0 Å². The number of rotatable bonds is 3. The Bertz CT molecular complexity index is 318. The molecule has 18 heavy (non-hydrogen) atoms. The van der Waals surface area contributed by atoms with Crippen molar-refractivity contribution in [1.29, 1.82) is 0 Å². The molecule has 6 unspecified atom stereocenters. The summed E-state index contributed by atoms with van der Waals surface area (Å²) in [7, 11) is 0. The first-order valence-electron chi connectivity index (χ1n) is 6.34. The Morgan fingerprint density at radius 2 is 1.83 bits per heavy atom. The molecule has 0 bridgehead atoms. The average Bonchev–Trinajstić information content (AvgIpc) is 2.68. The van der Waals surface area contributed by atoms with E-state index in [1.54, 1.807) is 0 Å². The zero-order chi connectivity index (χ0) is 13.3. The maximum absolute atomic E-state index is 13.1. The van der Waals surface area contributed by atoms with Gasteiger partial charge in [0, 0.05) is 6.42 Å². The Morgan fingerprint density at radius 3 is 2.39 bits per heavy atom. The van der Waals surface area contributed by atoms with E-state index < -0.39 is 18.0 Å². The lowest BCUT2D eigenvalue weighted by Gasteiger charge is -2.36. The number of halogens is 3. The minimum atomic E-state index is -0.793. The van der Waals surface area contributed by atoms with Crippen LogP contribution in [-0.2, 0) is 9.53 Å². The topological polar surface area (TPSA) is 52.3 Å². The predicted molar refractivity (Wildman–Crippen MR) is 68.6 cm³/mol. The molecule has 1 amide bonds. The van der Waals surface area contributed by atoms with Gasteiger partial charge in [-0.25, -0.2) is 4.39 Å². The molecule has 0 aromatic rings. The first kappa shape index (κ1) is 14.4. The Kier molecular flexibility index (Phi) is 4.73. The van der Waals surface area contributed by atoms with E-state index in [2.05, 4.69) is 0 Å². The van der Waals surface area contributed by atoms with Crippen LogP contribution in [0.4, 0.5) is 4.39 Å². The quantitative estimate of drug-likeness (QED) is 0.813. The molecule has 0 spiro atoms. The van der Waals surface area contributed by atoms with Gasteiger partial charge in [-0.1, -0.05) is 0 Å². The zero-order valence-corrected chi connectivity index (χ0v) is 11.5. The number of primary amides is 1. The number of carbonyl (C=O) groups is 1. The van der Waals surface area contributed by atoms with Crippen LogP contribution < -0.4 is 5.73 Å². The largest absolute Gasteiger partial charge is 0.374 e. The van der Waals surface area contributed by atoms with Crippen LogP contribution in [0, 0.1) is 5.92 Å². The highest BCUT2D eigenvalue weighted by atomic mass is 35.5. The molecule has 2 aliphatic rings. The number of nitrogens with two attached hydrogens (primary N) is 1. The molecule has 2 aliphatic carbocycles. The molecule has 2 rings (SSSR count). The number of ether oxygens (including phenoxy) is 1. The molecule has 0 aromatic heterocycles. The van der Waals surface area contributed by atoms with Crippen LogP contribution in [0.5, 0.6) is 0 Å². The first-order valence-corrected chi connectivity index (χ1v) is 7.21. The smallest absolute Gasteiger partial charge is 0.223 e. The molecule has 0 saturated heterocycles. The fraction of sp³-hybridized carbons (Fsp3) is 0.917. The third-order valence-electron chi connectivity index (χ3n) is 3.83. The molecule has 6 atom stereocenters. The fourth-order valence-corrected chi connectivity index (χ4v) is 3.36. The van der Waals surface area contributed by atoms with Crippen LogP contribution in [0.1, 0.15) is 32.1 Å². The van der Waals surface area contributed by atoms with Gasteiger partial charge in [-0.3, -0.25) is 4.79 Å². The maximum Gasteiger partial charge on any atom is 0.223 e. The van der Waals surface area contributed by atoms with Gasteiger partial charge in [0.1, 0.15) is 6.17 Å². The molecular weight excluding hydrogens is 280 g/mol. The maximum atomic E-state index is 13.1. The lowest BCUT2D eigenvalue weighted by atomic mass is 9.85. The second-order valence-electron chi connectivity index (χ2n) is 5.22. The van der Waals surface area contributed by atoms with Crippen LogP contribution in [0.15, 0.2) is 0 Å². The summed E-state index contributed by atoms with van der Waals surface area (Å²) < 4.78 is 18.9. The Balaban J connectivity index is 1.97. The van der Waals surface area contributed by atoms with Gasteiger partial charge in [0.15, 0.2) is 0 Å². The first-order chi connectivity index (χ1) is 8.47. The predicted octanol–water partition coefficient (Wildman–Crippen LogP) is 2.37. The average molecular weight is 298 g/mol. The highest BCUT2D eigenvalue weighted by Crippen LogP contribution is 2.36. The second kappa shape index (κ2) is 5.93. The van der Waals surface area contributed by atoms with E-state index >= 15 is 0 Å². The number of alkyl halides is 3. The van der Waals surface area contributed by atoms with Crippen molar-refractivity contribution in [1.82, 2.24) is 0 Å². The molecule has 0 radical (unpaired) electrons. The number of hydrogen-bond acceptors (Lipinski definition) is 2. The highest BCUT2D eigenvalue weighted by molar-refractivity contribution is 6.30. The van der Waals surface area contributed by atoms with Crippen molar-refractivity contribution in [3.05, 3.63) is 0 Å². The molecule has 0 aliphatic heterocycles. The van der Waals surface area contributed by atoms with Gasteiger partial charge in [-0.15, -0.1) is 23.2 Å². The van der Waals surface area contributed by atoms with E-state index in [1.165, 1.54) is 0 Å². The van der Waals surface area contributed by atoms with Crippen molar-refractivity contribution in [3.63, 3.8) is 0 Å². The summed E-state index contributed by atoms with van der Waals surface area (Å²) >= 11 is 12.2. The van der Waals surface area contributed by atoms with Gasteiger partial charge >= 0.3 is 0 Å². The molecular formula is C12H18Cl2FNO2. The van der Waals surface area contributed by atoms with Gasteiger partial charge in [-0.2, -0.15) is 0 Å². The van der Waals surface area contributed by atoms with E-state index in [1.807, 2.05) is 0 Å². The zero-order valence-electron chi connectivity index (χ0n) is 10.0. The van der Waals surface area contributed by atoms with Crippen LogP contribution in [-0.4, -0.2) is 35.0 Å². The summed E-state index contributed by atoms with van der Waals surface area (Å²) in [6.45, 7) is 0. The van der Waals surface area contributed by atoms with Crippen molar-refractivity contribution >= 4 is 29.1 Å². The van der Waals surface area contributed by atoms with E-state index in [0.29, 0.717) is 32.1 Å². The van der Waals surface area contributed by atoms with Crippen molar-refractivity contribution in [2.45, 2.75) is 61.2 Å². The summed E-state index contributed by atoms with van der Waals surface area (Å²) in [5, 5.41) is -0.489. The van der Waals surface area contributed by atoms with E-state index in [9.17, 15) is 9.18 Å². The Labute approximate surface area is 116 Å². The van der Waals surface area contributed by atoms with Crippen LogP contribution in [0.25, 0.3) is 0 Å². The lowest BCUT2D eigenvalue weighted by Crippen LogP contribution is -2.45. The van der Waals surface area contributed by atoms with Crippen LogP contribution in [0.2, 0.25) is 0 Å². The summed E-state index contributed by atoms with van der Waals surface area (Å²) in [5.41, 5.74) is 5.37. The van der Waals surface area contributed by atoms with Crippen molar-refractivity contribution < 1.29 is 13.9 Å². The third kappa shape index (κ3) is 3.28. The van der Waals surface area contributed by atoms with Gasteiger partial charge in [-0.05, 0) is 25.7 Å². The highest BCUT2D eigenvalue weighted by Gasteiger charge is 2.41. The number of amides is 1. The van der Waals surface area contributed by atoms with Gasteiger partial charge in [0.2, 0.25) is 5.91 Å². The van der Waals surface area contributed by atoms with Gasteiger partial charge in [0.25, 0.3) is 0 Å². The van der Waals surface area contributed by atoms with Gasteiger partial charge < -0.3 is 10.5 Å². The van der Waals surface area contributed by atoms with Crippen molar-refractivity contribution in [3.8, 4) is 0 Å². The number of hydrogen-bond donors (Lipinski definition) is 1. The van der Waals surface area contributed by atoms with E-state index in [0.717, 1.165) is 0 Å². The normalized spacial score (nSPS) is 45.1. The molecule has 2 saturated carbocycles. The third-order valence-corrected chi connectivity index (χ3v) is 4.92. The molecule has 0 heterocycles.